The van der Waals surface area contributed by atoms with Crippen molar-refractivity contribution in [2.45, 2.75) is 32.2 Å². The van der Waals surface area contributed by atoms with Crippen LogP contribution in [0.2, 0.25) is 0 Å². The number of hydrogen-bond acceptors (Lipinski definition) is 2. The van der Waals surface area contributed by atoms with E-state index in [1.165, 1.54) is 0 Å². The molecule has 2 heteroatoms. The zero-order chi connectivity index (χ0) is 7.98. The van der Waals surface area contributed by atoms with Gasteiger partial charge >= 0.3 is 0 Å². The first-order valence-corrected chi connectivity index (χ1v) is 3.61. The molecule has 0 aromatic rings. The highest BCUT2D eigenvalue weighted by Crippen LogP contribution is 1.97. The maximum atomic E-state index is 10.9. The van der Waals surface area contributed by atoms with E-state index in [2.05, 4.69) is 6.58 Å². The predicted molar refractivity (Wildman–Crippen MR) is 42.7 cm³/mol. The van der Waals surface area contributed by atoms with Gasteiger partial charge in [0.05, 0.1) is 6.04 Å². The molecule has 0 spiro atoms. The first kappa shape index (κ1) is 9.37. The summed E-state index contributed by atoms with van der Waals surface area (Å²) in [5.41, 5.74) is 5.52. The van der Waals surface area contributed by atoms with Crippen LogP contribution < -0.4 is 5.73 Å². The van der Waals surface area contributed by atoms with Crippen molar-refractivity contribution in [3.8, 4) is 0 Å². The number of hydrogen-bond donors (Lipinski definition) is 1. The number of nitrogens with two attached hydrogens (primary N) is 1. The Hall–Kier alpha value is -0.630. The van der Waals surface area contributed by atoms with Gasteiger partial charge in [-0.15, -0.1) is 6.58 Å². The molecular weight excluding hydrogens is 126 g/mol. The first-order chi connectivity index (χ1) is 4.72. The molecule has 0 aliphatic heterocycles. The van der Waals surface area contributed by atoms with Crippen LogP contribution in [0.1, 0.15) is 26.2 Å². The fourth-order valence-corrected chi connectivity index (χ4v) is 0.766. The number of Topliss-reactive ketones (excluding diaryl/α,β-unsaturated/α-hetero) is 1. The van der Waals surface area contributed by atoms with Gasteiger partial charge in [-0.05, 0) is 6.42 Å². The molecule has 0 radical (unpaired) electrons. The van der Waals surface area contributed by atoms with Crippen LogP contribution in [0.15, 0.2) is 12.7 Å². The van der Waals surface area contributed by atoms with Crippen LogP contribution >= 0.6 is 0 Å². The highest BCUT2D eigenvalue weighted by molar-refractivity contribution is 5.84. The molecule has 58 valence electrons. The maximum absolute atomic E-state index is 10.9. The summed E-state index contributed by atoms with van der Waals surface area (Å²) in [5, 5.41) is 0. The van der Waals surface area contributed by atoms with Gasteiger partial charge in [-0.1, -0.05) is 19.4 Å². The summed E-state index contributed by atoms with van der Waals surface area (Å²) in [6.45, 7) is 5.48. The molecule has 1 unspecified atom stereocenters. The molecule has 0 aliphatic rings. The van der Waals surface area contributed by atoms with E-state index in [1.54, 1.807) is 6.08 Å². The molecule has 0 amide bonds. The molecule has 0 heterocycles. The smallest absolute Gasteiger partial charge is 0.153 e. The van der Waals surface area contributed by atoms with Gasteiger partial charge in [0.25, 0.3) is 0 Å². The van der Waals surface area contributed by atoms with Crippen molar-refractivity contribution in [1.82, 2.24) is 0 Å². The van der Waals surface area contributed by atoms with Crippen molar-refractivity contribution in [3.05, 3.63) is 12.7 Å². The van der Waals surface area contributed by atoms with E-state index in [4.69, 9.17) is 5.73 Å². The van der Waals surface area contributed by atoms with Gasteiger partial charge in [0.15, 0.2) is 5.78 Å². The van der Waals surface area contributed by atoms with Gasteiger partial charge in [-0.25, -0.2) is 0 Å². The Labute approximate surface area is 62.1 Å². The third kappa shape index (κ3) is 3.41. The molecule has 10 heavy (non-hydrogen) atoms. The largest absolute Gasteiger partial charge is 0.321 e. The molecule has 0 saturated carbocycles. The van der Waals surface area contributed by atoms with Gasteiger partial charge in [0.1, 0.15) is 0 Å². The van der Waals surface area contributed by atoms with E-state index in [0.717, 1.165) is 12.8 Å². The molecule has 2 nitrogen and oxygen atoms in total. The molecule has 0 bridgehead atoms. The van der Waals surface area contributed by atoms with Crippen molar-refractivity contribution in [1.29, 1.82) is 0 Å². The van der Waals surface area contributed by atoms with E-state index in [1.807, 2.05) is 6.92 Å². The van der Waals surface area contributed by atoms with Gasteiger partial charge in [-0.2, -0.15) is 0 Å². The molecule has 2 N–H and O–H groups in total. The zero-order valence-corrected chi connectivity index (χ0v) is 6.47. The van der Waals surface area contributed by atoms with E-state index >= 15 is 0 Å². The van der Waals surface area contributed by atoms with Crippen LogP contribution in [0.4, 0.5) is 0 Å². The minimum Gasteiger partial charge on any atom is -0.321 e. The second-order valence-electron chi connectivity index (χ2n) is 2.35. The summed E-state index contributed by atoms with van der Waals surface area (Å²) in [6, 6.07) is -0.275. The lowest BCUT2D eigenvalue weighted by Gasteiger charge is -2.05. The lowest BCUT2D eigenvalue weighted by Crippen LogP contribution is -2.29. The van der Waals surface area contributed by atoms with Crippen molar-refractivity contribution in [2.75, 3.05) is 0 Å². The van der Waals surface area contributed by atoms with Crippen molar-refractivity contribution < 1.29 is 4.79 Å². The third-order valence-corrected chi connectivity index (χ3v) is 1.36. The van der Waals surface area contributed by atoms with Gasteiger partial charge < -0.3 is 5.73 Å². The Bertz CT molecular complexity index is 120. The molecule has 0 aromatic heterocycles. The Morgan fingerprint density at radius 3 is 2.80 bits per heavy atom. The van der Waals surface area contributed by atoms with Gasteiger partial charge in [0.2, 0.25) is 0 Å². The Morgan fingerprint density at radius 1 is 1.80 bits per heavy atom. The number of rotatable bonds is 5. The standard InChI is InChI=1S/C8H15NO/c1-3-5-7(9)8(10)6-4-2/h4,7H,2-3,5-6,9H2,1H3. The normalized spacial score (nSPS) is 12.6. The number of allylic oxidation sites excluding steroid dienone is 1. The maximum Gasteiger partial charge on any atom is 0.153 e. The lowest BCUT2D eigenvalue weighted by molar-refractivity contribution is -0.119. The third-order valence-electron chi connectivity index (χ3n) is 1.36. The topological polar surface area (TPSA) is 43.1 Å². The van der Waals surface area contributed by atoms with Crippen LogP contribution in [0, 0.1) is 0 Å². The van der Waals surface area contributed by atoms with Crippen LogP contribution in [0.5, 0.6) is 0 Å². The second kappa shape index (κ2) is 5.18. The average molecular weight is 141 g/mol. The monoisotopic (exact) mass is 141 g/mol. The highest BCUT2D eigenvalue weighted by Gasteiger charge is 2.08. The number of carbonyl (C=O) groups is 1. The van der Waals surface area contributed by atoms with Crippen LogP contribution in [0.25, 0.3) is 0 Å². The Kier molecular flexibility index (Phi) is 4.85. The predicted octanol–water partition coefficient (Wildman–Crippen LogP) is 1.26. The van der Waals surface area contributed by atoms with Crippen LogP contribution in [-0.4, -0.2) is 11.8 Å². The van der Waals surface area contributed by atoms with Gasteiger partial charge in [-0.3, -0.25) is 4.79 Å². The molecule has 1 atom stereocenters. The Balaban J connectivity index is 3.58. The molecular formula is C8H15NO. The van der Waals surface area contributed by atoms with Crippen LogP contribution in [0.3, 0.4) is 0 Å². The summed E-state index contributed by atoms with van der Waals surface area (Å²) >= 11 is 0. The van der Waals surface area contributed by atoms with E-state index < -0.39 is 0 Å². The van der Waals surface area contributed by atoms with Crippen molar-refractivity contribution >= 4 is 5.78 Å². The van der Waals surface area contributed by atoms with Crippen molar-refractivity contribution in [2.24, 2.45) is 5.73 Å². The molecule has 0 saturated heterocycles. The lowest BCUT2D eigenvalue weighted by atomic mass is 10.1. The quantitative estimate of drug-likeness (QED) is 0.586. The highest BCUT2D eigenvalue weighted by atomic mass is 16.1. The average Bonchev–Trinajstić information content (AvgIpc) is 1.89. The fraction of sp³-hybridized carbons (Fsp3) is 0.625. The zero-order valence-electron chi connectivity index (χ0n) is 6.47. The SMILES string of the molecule is C=CCC(=O)C(N)CCC. The summed E-state index contributed by atoms with van der Waals surface area (Å²) in [4.78, 5) is 10.9. The Morgan fingerprint density at radius 2 is 2.40 bits per heavy atom. The molecule has 0 aromatic carbocycles. The fourth-order valence-electron chi connectivity index (χ4n) is 0.766. The molecule has 0 rings (SSSR count). The summed E-state index contributed by atoms with van der Waals surface area (Å²) < 4.78 is 0. The second-order valence-corrected chi connectivity index (χ2v) is 2.35. The minimum atomic E-state index is -0.275. The summed E-state index contributed by atoms with van der Waals surface area (Å²) in [6.07, 6.45) is 3.75. The minimum absolute atomic E-state index is 0.0943. The van der Waals surface area contributed by atoms with E-state index in [9.17, 15) is 4.79 Å². The molecule has 0 aliphatic carbocycles. The number of carbonyl (C=O) groups excluding carboxylic acids is 1. The first-order valence-electron chi connectivity index (χ1n) is 3.61. The van der Waals surface area contributed by atoms with Crippen molar-refractivity contribution in [3.63, 3.8) is 0 Å². The van der Waals surface area contributed by atoms with Gasteiger partial charge in [0, 0.05) is 6.42 Å². The summed E-state index contributed by atoms with van der Waals surface area (Å²) in [5.74, 6) is 0.0943. The summed E-state index contributed by atoms with van der Waals surface area (Å²) in [7, 11) is 0. The molecule has 0 fully saturated rings. The van der Waals surface area contributed by atoms with E-state index in [-0.39, 0.29) is 11.8 Å². The number of ketones is 1. The van der Waals surface area contributed by atoms with Crippen LogP contribution in [-0.2, 0) is 4.79 Å². The van der Waals surface area contributed by atoms with E-state index in [0.29, 0.717) is 6.42 Å².